The number of ether oxygens (including phenoxy) is 1. The number of alkyl halides is 1. The quantitative estimate of drug-likeness (QED) is 0.797. The van der Waals surface area contributed by atoms with E-state index in [1.807, 2.05) is 37.3 Å². The lowest BCUT2D eigenvalue weighted by atomic mass is 9.89. The number of methoxy groups -OCH3 is 1. The van der Waals surface area contributed by atoms with E-state index in [9.17, 15) is 10.1 Å². The fourth-order valence-electron chi connectivity index (χ4n) is 2.04. The monoisotopic (exact) mass is 280 g/mol. The van der Waals surface area contributed by atoms with Crippen LogP contribution < -0.4 is 0 Å². The Morgan fingerprint density at radius 3 is 2.42 bits per heavy atom. The van der Waals surface area contributed by atoms with Crippen LogP contribution in [-0.4, -0.2) is 36.6 Å². The van der Waals surface area contributed by atoms with Crippen molar-refractivity contribution in [3.8, 4) is 6.07 Å². The van der Waals surface area contributed by atoms with Gasteiger partial charge in [-0.2, -0.15) is 5.26 Å². The summed E-state index contributed by atoms with van der Waals surface area (Å²) in [5.74, 6) is -0.281. The van der Waals surface area contributed by atoms with Crippen molar-refractivity contribution in [2.75, 3.05) is 14.2 Å². The van der Waals surface area contributed by atoms with Crippen LogP contribution in [0.15, 0.2) is 30.3 Å². The van der Waals surface area contributed by atoms with Crippen molar-refractivity contribution in [2.24, 2.45) is 0 Å². The first-order valence-electron chi connectivity index (χ1n) is 5.92. The first-order valence-corrected chi connectivity index (χ1v) is 6.36. The van der Waals surface area contributed by atoms with Crippen LogP contribution >= 0.6 is 11.6 Å². The Morgan fingerprint density at radius 1 is 1.42 bits per heavy atom. The molecule has 0 aliphatic rings. The van der Waals surface area contributed by atoms with Gasteiger partial charge >= 0.3 is 6.09 Å². The highest BCUT2D eigenvalue weighted by atomic mass is 35.5. The summed E-state index contributed by atoms with van der Waals surface area (Å²) >= 11 is 6.21. The Morgan fingerprint density at radius 2 is 2.00 bits per heavy atom. The Bertz CT molecular complexity index is 456. The molecule has 19 heavy (non-hydrogen) atoms. The molecule has 0 saturated carbocycles. The highest BCUT2D eigenvalue weighted by molar-refractivity contribution is 6.21. The Balaban J connectivity index is 3.11. The third-order valence-electron chi connectivity index (χ3n) is 3.03. The topological polar surface area (TPSA) is 53.3 Å². The van der Waals surface area contributed by atoms with Gasteiger partial charge in [-0.1, -0.05) is 30.3 Å². The van der Waals surface area contributed by atoms with Crippen molar-refractivity contribution in [1.82, 2.24) is 4.90 Å². The molecular formula is C14H17ClN2O2. The Hall–Kier alpha value is -1.73. The second kappa shape index (κ2) is 7.01. The molecule has 0 N–H and O–H groups in total. The van der Waals surface area contributed by atoms with E-state index in [1.54, 1.807) is 0 Å². The van der Waals surface area contributed by atoms with Gasteiger partial charge in [0.15, 0.2) is 0 Å². The molecule has 0 radical (unpaired) electrons. The molecule has 1 amide bonds. The highest BCUT2D eigenvalue weighted by Gasteiger charge is 2.33. The van der Waals surface area contributed by atoms with Gasteiger partial charge in [0.25, 0.3) is 0 Å². The van der Waals surface area contributed by atoms with Gasteiger partial charge in [0.05, 0.1) is 13.2 Å². The minimum Gasteiger partial charge on any atom is -0.453 e. The molecule has 1 rings (SSSR count). The molecular weight excluding hydrogens is 264 g/mol. The van der Waals surface area contributed by atoms with Crippen LogP contribution in [0.5, 0.6) is 0 Å². The summed E-state index contributed by atoms with van der Waals surface area (Å²) in [5, 5.41) is 9.07. The molecule has 0 unspecified atom stereocenters. The average Bonchev–Trinajstić information content (AvgIpc) is 2.43. The van der Waals surface area contributed by atoms with Crippen LogP contribution in [0.1, 0.15) is 18.4 Å². The maximum atomic E-state index is 11.6. The molecule has 3 atom stereocenters. The number of likely N-dealkylation sites (N-methyl/N-ethyl adjacent to an activating group) is 1. The number of amides is 1. The van der Waals surface area contributed by atoms with E-state index in [-0.39, 0.29) is 11.3 Å². The fourth-order valence-corrected chi connectivity index (χ4v) is 2.32. The number of halogens is 1. The molecule has 5 heteroatoms. The third-order valence-corrected chi connectivity index (χ3v) is 3.30. The van der Waals surface area contributed by atoms with E-state index < -0.39 is 12.1 Å². The minimum atomic E-state index is -0.678. The summed E-state index contributed by atoms with van der Waals surface area (Å²) in [6.07, 6.45) is -0.551. The zero-order valence-corrected chi connectivity index (χ0v) is 12.0. The lowest BCUT2D eigenvalue weighted by molar-refractivity contribution is 0.121. The van der Waals surface area contributed by atoms with Crippen molar-refractivity contribution >= 4 is 17.7 Å². The molecule has 1 aromatic rings. The molecule has 102 valence electrons. The molecule has 0 spiro atoms. The molecule has 0 fully saturated rings. The van der Waals surface area contributed by atoms with Crippen LogP contribution in [0.25, 0.3) is 0 Å². The molecule has 0 saturated heterocycles. The van der Waals surface area contributed by atoms with Crippen molar-refractivity contribution in [2.45, 2.75) is 24.3 Å². The number of hydrogen-bond donors (Lipinski definition) is 0. The Kier molecular flexibility index (Phi) is 5.65. The lowest BCUT2D eigenvalue weighted by Crippen LogP contribution is -2.42. The van der Waals surface area contributed by atoms with E-state index in [0.717, 1.165) is 5.56 Å². The van der Waals surface area contributed by atoms with Gasteiger partial charge in [0.2, 0.25) is 0 Å². The number of nitriles is 1. The minimum absolute atomic E-state index is 0.281. The van der Waals surface area contributed by atoms with Gasteiger partial charge in [-0.25, -0.2) is 4.79 Å². The number of hydrogen-bond acceptors (Lipinski definition) is 3. The number of carbonyl (C=O) groups is 1. The summed E-state index contributed by atoms with van der Waals surface area (Å²) in [6.45, 7) is 1.81. The smallest absolute Gasteiger partial charge is 0.410 e. The fraction of sp³-hybridized carbons (Fsp3) is 0.429. The Labute approximate surface area is 118 Å². The van der Waals surface area contributed by atoms with Crippen LogP contribution in [0.3, 0.4) is 0 Å². The van der Waals surface area contributed by atoms with Crippen LogP contribution in [0.2, 0.25) is 0 Å². The first kappa shape index (κ1) is 15.3. The normalized spacial score (nSPS) is 14.9. The number of benzene rings is 1. The SMILES string of the molecule is COC(=O)N(C)[C@H](C#N)[C@@H](c1ccccc1)[C@H](C)Cl. The molecule has 1 aromatic carbocycles. The van der Waals surface area contributed by atoms with Crippen molar-refractivity contribution < 1.29 is 9.53 Å². The molecule has 0 bridgehead atoms. The summed E-state index contributed by atoms with van der Waals surface area (Å²) < 4.78 is 4.65. The second-order valence-electron chi connectivity index (χ2n) is 4.27. The predicted molar refractivity (Wildman–Crippen MR) is 74.1 cm³/mol. The van der Waals surface area contributed by atoms with E-state index in [1.165, 1.54) is 19.1 Å². The van der Waals surface area contributed by atoms with Crippen molar-refractivity contribution in [1.29, 1.82) is 5.26 Å². The summed E-state index contributed by atoms with van der Waals surface area (Å²) in [7, 11) is 2.82. The van der Waals surface area contributed by atoms with Gasteiger partial charge in [-0.15, -0.1) is 11.6 Å². The van der Waals surface area contributed by atoms with Crippen molar-refractivity contribution in [3.63, 3.8) is 0 Å². The summed E-state index contributed by atoms with van der Waals surface area (Å²) in [5.41, 5.74) is 0.923. The zero-order valence-electron chi connectivity index (χ0n) is 11.2. The van der Waals surface area contributed by atoms with Crippen LogP contribution in [0.4, 0.5) is 4.79 Å². The van der Waals surface area contributed by atoms with Crippen molar-refractivity contribution in [3.05, 3.63) is 35.9 Å². The van der Waals surface area contributed by atoms with Crippen LogP contribution in [0, 0.1) is 11.3 Å². The van der Waals surface area contributed by atoms with Gasteiger partial charge in [0, 0.05) is 18.3 Å². The average molecular weight is 281 g/mol. The summed E-state index contributed by atoms with van der Waals surface area (Å²) in [6, 6.07) is 10.9. The second-order valence-corrected chi connectivity index (χ2v) is 4.96. The largest absolute Gasteiger partial charge is 0.453 e. The van der Waals surface area contributed by atoms with Gasteiger partial charge in [-0.05, 0) is 12.5 Å². The van der Waals surface area contributed by atoms with E-state index in [4.69, 9.17) is 11.6 Å². The van der Waals surface area contributed by atoms with Gasteiger partial charge < -0.3 is 4.74 Å². The predicted octanol–water partition coefficient (Wildman–Crippen LogP) is 2.99. The maximum absolute atomic E-state index is 11.6. The molecule has 0 aromatic heterocycles. The van der Waals surface area contributed by atoms with E-state index >= 15 is 0 Å². The standard InChI is InChI=1S/C14H17ClN2O2/c1-10(15)13(11-7-5-4-6-8-11)12(9-16)17(2)14(18)19-3/h4-8,10,12-13H,1-3H3/t10-,12+,13+/m0/s1. The zero-order chi connectivity index (χ0) is 14.4. The number of rotatable bonds is 4. The van der Waals surface area contributed by atoms with Gasteiger partial charge in [0.1, 0.15) is 6.04 Å². The molecule has 4 nitrogen and oxygen atoms in total. The van der Waals surface area contributed by atoms with Crippen LogP contribution in [-0.2, 0) is 4.74 Å². The molecule has 0 aliphatic carbocycles. The molecule has 0 aliphatic heterocycles. The lowest BCUT2D eigenvalue weighted by Gasteiger charge is -2.30. The van der Waals surface area contributed by atoms with E-state index in [0.29, 0.717) is 0 Å². The third kappa shape index (κ3) is 3.62. The number of nitrogens with zero attached hydrogens (tertiary/aromatic N) is 2. The summed E-state index contributed by atoms with van der Waals surface area (Å²) in [4.78, 5) is 12.9. The number of carbonyl (C=O) groups excluding carboxylic acids is 1. The van der Waals surface area contributed by atoms with Gasteiger partial charge in [-0.3, -0.25) is 4.90 Å². The highest BCUT2D eigenvalue weighted by Crippen LogP contribution is 2.29. The maximum Gasteiger partial charge on any atom is 0.410 e. The first-order chi connectivity index (χ1) is 9.02. The van der Waals surface area contributed by atoms with E-state index in [2.05, 4.69) is 10.8 Å². The molecule has 0 heterocycles.